The highest BCUT2D eigenvalue weighted by Gasteiger charge is 2.19. The van der Waals surface area contributed by atoms with Crippen LogP contribution in [0.15, 0.2) is 29.2 Å². The number of rotatable bonds is 4. The van der Waals surface area contributed by atoms with Crippen molar-refractivity contribution in [3.63, 3.8) is 0 Å². The zero-order chi connectivity index (χ0) is 13.9. The Kier molecular flexibility index (Phi) is 4.26. The molecule has 0 spiro atoms. The zero-order valence-corrected chi connectivity index (χ0v) is 11.2. The summed E-state index contributed by atoms with van der Waals surface area (Å²) in [6, 6.07) is 4.78. The van der Waals surface area contributed by atoms with Gasteiger partial charge in [0, 0.05) is 20.2 Å². The zero-order valence-electron chi connectivity index (χ0n) is 10.4. The number of carboxylic acid groups (broad SMARTS) is 1. The molecule has 0 unspecified atom stereocenters. The van der Waals surface area contributed by atoms with E-state index in [4.69, 9.17) is 5.11 Å². The Hall–Kier alpha value is -1.66. The summed E-state index contributed by atoms with van der Waals surface area (Å²) in [7, 11) is -0.611. The molecule has 0 saturated heterocycles. The third-order valence-corrected chi connectivity index (χ3v) is 4.35. The molecule has 0 aliphatic carbocycles. The van der Waals surface area contributed by atoms with E-state index in [1.165, 1.54) is 26.2 Å². The minimum atomic E-state index is -3.52. The first kappa shape index (κ1) is 14.4. The molecular weight excluding hydrogens is 254 g/mol. The summed E-state index contributed by atoms with van der Waals surface area (Å²) >= 11 is 0. The van der Waals surface area contributed by atoms with Gasteiger partial charge in [-0.15, -0.1) is 0 Å². The lowest BCUT2D eigenvalue weighted by atomic mass is 10.1. The number of hydrogen-bond donors (Lipinski definition) is 1. The van der Waals surface area contributed by atoms with Gasteiger partial charge in [-0.3, -0.25) is 0 Å². The van der Waals surface area contributed by atoms with E-state index in [0.29, 0.717) is 11.1 Å². The first-order valence-corrected chi connectivity index (χ1v) is 6.63. The van der Waals surface area contributed by atoms with E-state index in [9.17, 15) is 13.2 Å². The molecule has 1 aromatic carbocycles. The van der Waals surface area contributed by atoms with Crippen molar-refractivity contribution in [3.05, 3.63) is 35.4 Å². The quantitative estimate of drug-likeness (QED) is 0.837. The Balaban J connectivity index is 3.30. The minimum absolute atomic E-state index is 0.181. The Morgan fingerprint density at radius 2 is 1.94 bits per heavy atom. The van der Waals surface area contributed by atoms with Gasteiger partial charge < -0.3 is 5.11 Å². The molecule has 98 valence electrons. The number of aliphatic carboxylic acids is 1. The molecule has 0 amide bonds. The van der Waals surface area contributed by atoms with Gasteiger partial charge >= 0.3 is 5.97 Å². The van der Waals surface area contributed by atoms with Crippen LogP contribution in [0.1, 0.15) is 11.1 Å². The van der Waals surface area contributed by atoms with Gasteiger partial charge in [0.15, 0.2) is 0 Å². The van der Waals surface area contributed by atoms with Crippen LogP contribution >= 0.6 is 0 Å². The SMILES string of the molecule is Cc1ccc(C=CC(=O)O)cc1S(=O)(=O)N(C)C. The maximum absolute atomic E-state index is 12.0. The van der Waals surface area contributed by atoms with Crippen molar-refractivity contribution >= 4 is 22.1 Å². The van der Waals surface area contributed by atoms with Gasteiger partial charge in [-0.1, -0.05) is 12.1 Å². The number of sulfonamides is 1. The van der Waals surface area contributed by atoms with E-state index in [2.05, 4.69) is 0 Å². The Labute approximate surface area is 106 Å². The third-order valence-electron chi connectivity index (χ3n) is 2.39. The summed E-state index contributed by atoms with van der Waals surface area (Å²) in [5, 5.41) is 8.53. The largest absolute Gasteiger partial charge is 0.478 e. The molecule has 0 aliphatic heterocycles. The van der Waals surface area contributed by atoms with Gasteiger partial charge in [0.25, 0.3) is 0 Å². The molecule has 1 rings (SSSR count). The normalized spacial score (nSPS) is 12.2. The fourth-order valence-electron chi connectivity index (χ4n) is 1.36. The van der Waals surface area contributed by atoms with Crippen molar-refractivity contribution in [1.82, 2.24) is 4.31 Å². The van der Waals surface area contributed by atoms with Crippen LogP contribution in [0.3, 0.4) is 0 Å². The summed E-state index contributed by atoms with van der Waals surface area (Å²) in [5.41, 5.74) is 1.15. The average molecular weight is 269 g/mol. The molecule has 0 bridgehead atoms. The van der Waals surface area contributed by atoms with Crippen molar-refractivity contribution in [1.29, 1.82) is 0 Å². The molecule has 5 nitrogen and oxygen atoms in total. The van der Waals surface area contributed by atoms with Crippen LogP contribution in [0.2, 0.25) is 0 Å². The molecular formula is C12H15NO4S. The second kappa shape index (κ2) is 5.32. The van der Waals surface area contributed by atoms with Crippen molar-refractivity contribution in [2.75, 3.05) is 14.1 Å². The lowest BCUT2D eigenvalue weighted by Gasteiger charge is -2.14. The van der Waals surface area contributed by atoms with Crippen LogP contribution in [0.4, 0.5) is 0 Å². The van der Waals surface area contributed by atoms with Gasteiger partial charge in [0.1, 0.15) is 0 Å². The molecule has 18 heavy (non-hydrogen) atoms. The second-order valence-corrected chi connectivity index (χ2v) is 6.10. The molecule has 0 aromatic heterocycles. The van der Waals surface area contributed by atoms with Crippen molar-refractivity contribution in [3.8, 4) is 0 Å². The molecule has 0 radical (unpaired) electrons. The molecule has 0 aliphatic rings. The van der Waals surface area contributed by atoms with Gasteiger partial charge in [-0.25, -0.2) is 17.5 Å². The van der Waals surface area contributed by atoms with E-state index >= 15 is 0 Å². The van der Waals surface area contributed by atoms with Crippen LogP contribution < -0.4 is 0 Å². The van der Waals surface area contributed by atoms with Crippen LogP contribution in [-0.2, 0) is 14.8 Å². The van der Waals surface area contributed by atoms with Crippen molar-refractivity contribution < 1.29 is 18.3 Å². The van der Waals surface area contributed by atoms with Crippen LogP contribution in [0, 0.1) is 6.92 Å². The maximum Gasteiger partial charge on any atom is 0.328 e. The molecule has 0 saturated carbocycles. The lowest BCUT2D eigenvalue weighted by molar-refractivity contribution is -0.131. The number of carboxylic acids is 1. The van der Waals surface area contributed by atoms with E-state index in [-0.39, 0.29) is 4.90 Å². The summed E-state index contributed by atoms with van der Waals surface area (Å²) < 4.78 is 25.2. The standard InChI is InChI=1S/C12H15NO4S/c1-9-4-5-10(6-7-12(14)15)8-11(9)18(16,17)13(2)3/h4-8H,1-3H3,(H,14,15). The fraction of sp³-hybridized carbons (Fsp3) is 0.250. The topological polar surface area (TPSA) is 74.7 Å². The summed E-state index contributed by atoms with van der Waals surface area (Å²) in [6.45, 7) is 1.70. The molecule has 0 heterocycles. The molecule has 6 heteroatoms. The van der Waals surface area contributed by atoms with Gasteiger partial charge in [-0.2, -0.15) is 0 Å². The fourth-order valence-corrected chi connectivity index (χ4v) is 2.52. The van der Waals surface area contributed by atoms with Crippen LogP contribution in [0.5, 0.6) is 0 Å². The van der Waals surface area contributed by atoms with Crippen LogP contribution in [-0.4, -0.2) is 37.9 Å². The van der Waals surface area contributed by atoms with E-state index < -0.39 is 16.0 Å². The third kappa shape index (κ3) is 3.18. The van der Waals surface area contributed by atoms with Crippen molar-refractivity contribution in [2.45, 2.75) is 11.8 Å². The molecule has 1 aromatic rings. The predicted molar refractivity (Wildman–Crippen MR) is 68.7 cm³/mol. The first-order chi connectivity index (χ1) is 8.25. The maximum atomic E-state index is 12.0. The number of hydrogen-bond acceptors (Lipinski definition) is 3. The first-order valence-electron chi connectivity index (χ1n) is 5.19. The lowest BCUT2D eigenvalue weighted by Crippen LogP contribution is -2.23. The van der Waals surface area contributed by atoms with E-state index in [0.717, 1.165) is 10.4 Å². The summed E-state index contributed by atoms with van der Waals surface area (Å²) in [6.07, 6.45) is 2.33. The minimum Gasteiger partial charge on any atom is -0.478 e. The van der Waals surface area contributed by atoms with Crippen molar-refractivity contribution in [2.24, 2.45) is 0 Å². The monoisotopic (exact) mass is 269 g/mol. The number of aryl methyl sites for hydroxylation is 1. The number of benzene rings is 1. The average Bonchev–Trinajstić information content (AvgIpc) is 2.27. The van der Waals surface area contributed by atoms with Gasteiger partial charge in [0.05, 0.1) is 4.90 Å². The van der Waals surface area contributed by atoms with Gasteiger partial charge in [0.2, 0.25) is 10.0 Å². The Bertz CT molecular complexity index is 588. The van der Waals surface area contributed by atoms with E-state index in [1.807, 2.05) is 0 Å². The van der Waals surface area contributed by atoms with Gasteiger partial charge in [-0.05, 0) is 30.2 Å². The number of carbonyl (C=O) groups is 1. The highest BCUT2D eigenvalue weighted by Crippen LogP contribution is 2.20. The second-order valence-electron chi connectivity index (χ2n) is 3.98. The number of nitrogens with zero attached hydrogens (tertiary/aromatic N) is 1. The predicted octanol–water partition coefficient (Wildman–Crippen LogP) is 1.34. The summed E-state index contributed by atoms with van der Waals surface area (Å²) in [5.74, 6) is -1.08. The molecule has 1 N–H and O–H groups in total. The molecule has 0 fully saturated rings. The van der Waals surface area contributed by atoms with E-state index in [1.54, 1.807) is 19.1 Å². The Morgan fingerprint density at radius 3 is 2.44 bits per heavy atom. The smallest absolute Gasteiger partial charge is 0.328 e. The highest BCUT2D eigenvalue weighted by atomic mass is 32.2. The summed E-state index contributed by atoms with van der Waals surface area (Å²) in [4.78, 5) is 10.6. The Morgan fingerprint density at radius 1 is 1.33 bits per heavy atom. The van der Waals surface area contributed by atoms with Crippen LogP contribution in [0.25, 0.3) is 6.08 Å². The highest BCUT2D eigenvalue weighted by molar-refractivity contribution is 7.89. The molecule has 0 atom stereocenters.